The number of thiocarbonyl (C=S) groups is 1. The number of carbonyl (C=O) groups excluding carboxylic acids is 1. The van der Waals surface area contributed by atoms with Crippen LogP contribution in [0, 0.1) is 0 Å². The Labute approximate surface area is 156 Å². The molecule has 0 amide bonds. The van der Waals surface area contributed by atoms with Crippen LogP contribution in [0.5, 0.6) is 5.75 Å². The predicted molar refractivity (Wildman–Crippen MR) is 103 cm³/mol. The van der Waals surface area contributed by atoms with E-state index < -0.39 is 12.0 Å². The van der Waals surface area contributed by atoms with Crippen molar-refractivity contribution in [2.24, 2.45) is 0 Å². The SMILES string of the molecule is COCCOC(=O)C1=C(C)NC(=S)NC1c1c(O)ccc2ccccc12. The second kappa shape index (κ2) is 7.72. The van der Waals surface area contributed by atoms with E-state index in [0.29, 0.717) is 28.6 Å². The lowest BCUT2D eigenvalue weighted by Gasteiger charge is -2.31. The summed E-state index contributed by atoms with van der Waals surface area (Å²) in [4.78, 5) is 12.7. The Morgan fingerprint density at radius 1 is 1.23 bits per heavy atom. The molecule has 1 aliphatic heterocycles. The molecule has 0 saturated heterocycles. The number of fused-ring (bicyclic) bond motifs is 1. The zero-order chi connectivity index (χ0) is 18.7. The Balaban J connectivity index is 2.09. The molecule has 3 rings (SSSR count). The third-order valence-corrected chi connectivity index (χ3v) is 4.47. The smallest absolute Gasteiger partial charge is 0.338 e. The number of aromatic hydroxyl groups is 1. The van der Waals surface area contributed by atoms with E-state index in [0.717, 1.165) is 10.8 Å². The molecule has 1 heterocycles. The number of carbonyl (C=O) groups is 1. The average molecular weight is 372 g/mol. The molecule has 6 nitrogen and oxygen atoms in total. The minimum Gasteiger partial charge on any atom is -0.508 e. The van der Waals surface area contributed by atoms with Crippen LogP contribution in [-0.4, -0.2) is 36.5 Å². The fourth-order valence-corrected chi connectivity index (χ4v) is 3.33. The highest BCUT2D eigenvalue weighted by Crippen LogP contribution is 2.38. The third kappa shape index (κ3) is 3.49. The fourth-order valence-electron chi connectivity index (χ4n) is 3.06. The van der Waals surface area contributed by atoms with E-state index in [1.54, 1.807) is 13.0 Å². The summed E-state index contributed by atoms with van der Waals surface area (Å²) in [6.07, 6.45) is 0. The lowest BCUT2D eigenvalue weighted by Crippen LogP contribution is -2.45. The molecule has 136 valence electrons. The van der Waals surface area contributed by atoms with Crippen LogP contribution in [0.1, 0.15) is 18.5 Å². The standard InChI is InChI=1S/C19H20N2O4S/c1-11-15(18(23)25-10-9-24-2)17(21-19(26)20-11)16-13-6-4-3-5-12(13)7-8-14(16)22/h3-8,17,22H,9-10H2,1-2H3,(H2,20,21,26). The summed E-state index contributed by atoms with van der Waals surface area (Å²) < 4.78 is 10.2. The minimum absolute atomic E-state index is 0.0842. The van der Waals surface area contributed by atoms with Crippen LogP contribution in [0.2, 0.25) is 0 Å². The maximum Gasteiger partial charge on any atom is 0.338 e. The van der Waals surface area contributed by atoms with Gasteiger partial charge in [-0.1, -0.05) is 30.3 Å². The first-order valence-electron chi connectivity index (χ1n) is 8.18. The quantitative estimate of drug-likeness (QED) is 0.423. The number of hydrogen-bond donors (Lipinski definition) is 3. The van der Waals surface area contributed by atoms with Crippen molar-refractivity contribution >= 4 is 34.1 Å². The number of nitrogens with one attached hydrogen (secondary N) is 2. The van der Waals surface area contributed by atoms with Crippen molar-refractivity contribution in [3.63, 3.8) is 0 Å². The van der Waals surface area contributed by atoms with Crippen molar-refractivity contribution in [1.29, 1.82) is 0 Å². The Morgan fingerprint density at radius 3 is 2.77 bits per heavy atom. The molecule has 0 aromatic heterocycles. The number of phenols is 1. The van der Waals surface area contributed by atoms with Crippen LogP contribution in [0.4, 0.5) is 0 Å². The molecule has 26 heavy (non-hydrogen) atoms. The molecule has 1 aliphatic rings. The van der Waals surface area contributed by atoms with Gasteiger partial charge < -0.3 is 25.2 Å². The Morgan fingerprint density at radius 2 is 2.00 bits per heavy atom. The zero-order valence-corrected chi connectivity index (χ0v) is 15.4. The van der Waals surface area contributed by atoms with Crippen molar-refractivity contribution in [3.8, 4) is 5.75 Å². The van der Waals surface area contributed by atoms with Gasteiger partial charge in [0.25, 0.3) is 0 Å². The summed E-state index contributed by atoms with van der Waals surface area (Å²) in [5, 5.41) is 18.8. The predicted octanol–water partition coefficient (Wildman–Crippen LogP) is 2.53. The summed E-state index contributed by atoms with van der Waals surface area (Å²) in [5.41, 5.74) is 1.56. The van der Waals surface area contributed by atoms with Crippen LogP contribution in [-0.2, 0) is 14.3 Å². The van der Waals surface area contributed by atoms with Gasteiger partial charge in [0.05, 0.1) is 18.2 Å². The lowest BCUT2D eigenvalue weighted by atomic mass is 9.91. The van der Waals surface area contributed by atoms with Gasteiger partial charge in [-0.05, 0) is 36.0 Å². The maximum absolute atomic E-state index is 12.7. The molecule has 7 heteroatoms. The molecule has 0 spiro atoms. The molecule has 0 bridgehead atoms. The number of hydrogen-bond acceptors (Lipinski definition) is 5. The highest BCUT2D eigenvalue weighted by molar-refractivity contribution is 7.80. The van der Waals surface area contributed by atoms with E-state index in [-0.39, 0.29) is 12.4 Å². The molecule has 2 aromatic carbocycles. The van der Waals surface area contributed by atoms with Crippen molar-refractivity contribution in [3.05, 3.63) is 53.2 Å². The first-order valence-corrected chi connectivity index (χ1v) is 8.58. The number of esters is 1. The number of benzene rings is 2. The van der Waals surface area contributed by atoms with Gasteiger partial charge in [-0.3, -0.25) is 0 Å². The van der Waals surface area contributed by atoms with Gasteiger partial charge >= 0.3 is 5.97 Å². The van der Waals surface area contributed by atoms with Crippen LogP contribution < -0.4 is 10.6 Å². The minimum atomic E-state index is -0.620. The van der Waals surface area contributed by atoms with Gasteiger partial charge in [0.15, 0.2) is 5.11 Å². The van der Waals surface area contributed by atoms with Gasteiger partial charge in [0.1, 0.15) is 12.4 Å². The molecular weight excluding hydrogens is 352 g/mol. The Kier molecular flexibility index (Phi) is 5.39. The first kappa shape index (κ1) is 18.2. The summed E-state index contributed by atoms with van der Waals surface area (Å²) in [5.74, 6) is -0.403. The molecule has 0 aliphatic carbocycles. The molecule has 1 atom stereocenters. The zero-order valence-electron chi connectivity index (χ0n) is 14.5. The van der Waals surface area contributed by atoms with Gasteiger partial charge in [-0.2, -0.15) is 0 Å². The molecule has 0 radical (unpaired) electrons. The van der Waals surface area contributed by atoms with Crippen molar-refractivity contribution in [2.45, 2.75) is 13.0 Å². The fraction of sp³-hybridized carbons (Fsp3) is 0.263. The normalized spacial score (nSPS) is 17.0. The number of ether oxygens (including phenoxy) is 2. The second-order valence-electron chi connectivity index (χ2n) is 5.92. The van der Waals surface area contributed by atoms with E-state index >= 15 is 0 Å². The van der Waals surface area contributed by atoms with Gasteiger partial charge in [0.2, 0.25) is 0 Å². The summed E-state index contributed by atoms with van der Waals surface area (Å²) in [6, 6.07) is 10.5. The lowest BCUT2D eigenvalue weighted by molar-refractivity contribution is -0.140. The van der Waals surface area contributed by atoms with Gasteiger partial charge in [0, 0.05) is 18.4 Å². The van der Waals surface area contributed by atoms with Gasteiger partial charge in [-0.25, -0.2) is 4.79 Å². The van der Waals surface area contributed by atoms with Crippen LogP contribution in [0.3, 0.4) is 0 Å². The third-order valence-electron chi connectivity index (χ3n) is 4.25. The van der Waals surface area contributed by atoms with Crippen LogP contribution in [0.15, 0.2) is 47.7 Å². The van der Waals surface area contributed by atoms with Crippen molar-refractivity contribution in [1.82, 2.24) is 10.6 Å². The van der Waals surface area contributed by atoms with E-state index in [2.05, 4.69) is 10.6 Å². The molecular formula is C19H20N2O4S. The number of methoxy groups -OCH3 is 1. The molecule has 1 unspecified atom stereocenters. The van der Waals surface area contributed by atoms with E-state index in [9.17, 15) is 9.90 Å². The Hall–Kier alpha value is -2.64. The number of rotatable bonds is 5. The van der Waals surface area contributed by atoms with Crippen LogP contribution in [0.25, 0.3) is 10.8 Å². The first-order chi connectivity index (χ1) is 12.5. The average Bonchev–Trinajstić information content (AvgIpc) is 2.61. The Bertz CT molecular complexity index is 894. The van der Waals surface area contributed by atoms with E-state index in [1.807, 2.05) is 30.3 Å². The van der Waals surface area contributed by atoms with Crippen molar-refractivity contribution in [2.75, 3.05) is 20.3 Å². The number of allylic oxidation sites excluding steroid dienone is 1. The molecule has 3 N–H and O–H groups in total. The highest BCUT2D eigenvalue weighted by Gasteiger charge is 2.33. The van der Waals surface area contributed by atoms with E-state index in [4.69, 9.17) is 21.7 Å². The molecule has 0 fully saturated rings. The van der Waals surface area contributed by atoms with Gasteiger partial charge in [-0.15, -0.1) is 0 Å². The highest BCUT2D eigenvalue weighted by atomic mass is 32.1. The summed E-state index contributed by atoms with van der Waals surface area (Å²) >= 11 is 5.26. The van der Waals surface area contributed by atoms with Crippen LogP contribution >= 0.6 is 12.2 Å². The monoisotopic (exact) mass is 372 g/mol. The summed E-state index contributed by atoms with van der Waals surface area (Å²) in [7, 11) is 1.54. The number of phenolic OH excluding ortho intramolecular Hbond substituents is 1. The topological polar surface area (TPSA) is 79.8 Å². The molecule has 0 saturated carbocycles. The summed E-state index contributed by atoms with van der Waals surface area (Å²) in [6.45, 7) is 2.21. The van der Waals surface area contributed by atoms with Crippen molar-refractivity contribution < 1.29 is 19.4 Å². The van der Waals surface area contributed by atoms with E-state index in [1.165, 1.54) is 7.11 Å². The second-order valence-corrected chi connectivity index (χ2v) is 6.33. The largest absolute Gasteiger partial charge is 0.508 e. The molecule has 2 aromatic rings. The maximum atomic E-state index is 12.7.